The quantitative estimate of drug-likeness (QED) is 0.935. The van der Waals surface area contributed by atoms with Gasteiger partial charge in [0.2, 0.25) is 0 Å². The van der Waals surface area contributed by atoms with Crippen LogP contribution < -0.4 is 5.73 Å². The zero-order valence-electron chi connectivity index (χ0n) is 11.4. The lowest BCUT2D eigenvalue weighted by Gasteiger charge is -2.17. The summed E-state index contributed by atoms with van der Waals surface area (Å²) in [6.07, 6.45) is 2.31. The van der Waals surface area contributed by atoms with Gasteiger partial charge in [0.15, 0.2) is 5.82 Å². The molecule has 0 amide bonds. The molecule has 0 aliphatic carbocycles. The third kappa shape index (κ3) is 2.93. The number of rotatable bonds is 4. The number of halogens is 2. The standard InChI is InChI=1S/C14H16F2N4O/c15-9-4-3-5-10(16)12(9)14-18-13(19-21-14)11(17)8-20-6-1-2-7-20/h3-5,11H,1-2,6-8,17H2. The average molecular weight is 294 g/mol. The molecule has 7 heteroatoms. The van der Waals surface area contributed by atoms with Gasteiger partial charge in [0.05, 0.1) is 6.04 Å². The molecule has 1 aliphatic rings. The van der Waals surface area contributed by atoms with E-state index in [0.717, 1.165) is 38.1 Å². The highest BCUT2D eigenvalue weighted by molar-refractivity contribution is 5.54. The molecule has 1 aliphatic heterocycles. The minimum atomic E-state index is -0.738. The molecule has 1 aromatic carbocycles. The van der Waals surface area contributed by atoms with Gasteiger partial charge in [-0.1, -0.05) is 11.2 Å². The molecule has 1 atom stereocenters. The SMILES string of the molecule is NC(CN1CCCC1)c1noc(-c2c(F)cccc2F)n1. The van der Waals surface area contributed by atoms with Crippen molar-refractivity contribution in [2.75, 3.05) is 19.6 Å². The number of nitrogens with zero attached hydrogens (tertiary/aromatic N) is 3. The van der Waals surface area contributed by atoms with Crippen LogP contribution in [0.25, 0.3) is 11.5 Å². The van der Waals surface area contributed by atoms with Gasteiger partial charge in [0, 0.05) is 6.54 Å². The highest BCUT2D eigenvalue weighted by Gasteiger charge is 2.23. The third-order valence-corrected chi connectivity index (χ3v) is 3.60. The first-order chi connectivity index (χ1) is 10.1. The second-order valence-corrected chi connectivity index (χ2v) is 5.17. The highest BCUT2D eigenvalue weighted by Crippen LogP contribution is 2.25. The van der Waals surface area contributed by atoms with Crippen LogP contribution in [-0.2, 0) is 0 Å². The van der Waals surface area contributed by atoms with Crippen molar-refractivity contribution >= 4 is 0 Å². The van der Waals surface area contributed by atoms with E-state index in [2.05, 4.69) is 15.0 Å². The lowest BCUT2D eigenvalue weighted by Crippen LogP contribution is -2.30. The molecular weight excluding hydrogens is 278 g/mol. The molecule has 2 heterocycles. The van der Waals surface area contributed by atoms with Gasteiger partial charge >= 0.3 is 0 Å². The second kappa shape index (κ2) is 5.87. The number of benzene rings is 1. The molecule has 0 bridgehead atoms. The largest absolute Gasteiger partial charge is 0.334 e. The van der Waals surface area contributed by atoms with Crippen LogP contribution in [0.3, 0.4) is 0 Å². The highest BCUT2D eigenvalue weighted by atomic mass is 19.1. The summed E-state index contributed by atoms with van der Waals surface area (Å²) >= 11 is 0. The van der Waals surface area contributed by atoms with Crippen molar-refractivity contribution in [3.8, 4) is 11.5 Å². The number of hydrogen-bond donors (Lipinski definition) is 1. The Hall–Kier alpha value is -1.86. The number of hydrogen-bond acceptors (Lipinski definition) is 5. The summed E-state index contributed by atoms with van der Waals surface area (Å²) in [5.74, 6) is -1.39. The van der Waals surface area contributed by atoms with Crippen molar-refractivity contribution in [1.29, 1.82) is 0 Å². The monoisotopic (exact) mass is 294 g/mol. The van der Waals surface area contributed by atoms with E-state index in [1.165, 1.54) is 6.07 Å². The topological polar surface area (TPSA) is 68.2 Å². The van der Waals surface area contributed by atoms with E-state index in [0.29, 0.717) is 6.54 Å². The second-order valence-electron chi connectivity index (χ2n) is 5.17. The molecule has 1 saturated heterocycles. The molecule has 112 valence electrons. The number of likely N-dealkylation sites (tertiary alicyclic amines) is 1. The molecule has 5 nitrogen and oxygen atoms in total. The molecule has 2 N–H and O–H groups in total. The summed E-state index contributed by atoms with van der Waals surface area (Å²) < 4.78 is 32.3. The Balaban J connectivity index is 1.79. The van der Waals surface area contributed by atoms with Crippen molar-refractivity contribution in [1.82, 2.24) is 15.0 Å². The van der Waals surface area contributed by atoms with Crippen molar-refractivity contribution < 1.29 is 13.3 Å². The molecule has 0 radical (unpaired) electrons. The Labute approximate surface area is 120 Å². The van der Waals surface area contributed by atoms with Gasteiger partial charge in [-0.15, -0.1) is 0 Å². The Morgan fingerprint density at radius 3 is 2.57 bits per heavy atom. The number of nitrogens with two attached hydrogens (primary N) is 1. The Morgan fingerprint density at radius 2 is 1.90 bits per heavy atom. The molecule has 1 unspecified atom stereocenters. The molecule has 2 aromatic rings. The zero-order valence-corrected chi connectivity index (χ0v) is 11.4. The minimum Gasteiger partial charge on any atom is -0.334 e. The average Bonchev–Trinajstić information content (AvgIpc) is 3.10. The van der Waals surface area contributed by atoms with Crippen LogP contribution >= 0.6 is 0 Å². The summed E-state index contributed by atoms with van der Waals surface area (Å²) in [4.78, 5) is 6.25. The molecule has 0 saturated carbocycles. The van der Waals surface area contributed by atoms with Gasteiger partial charge in [0.25, 0.3) is 5.89 Å². The van der Waals surface area contributed by atoms with Crippen molar-refractivity contribution in [2.45, 2.75) is 18.9 Å². The van der Waals surface area contributed by atoms with Crippen LogP contribution in [-0.4, -0.2) is 34.7 Å². The van der Waals surface area contributed by atoms with Crippen LogP contribution in [0, 0.1) is 11.6 Å². The smallest absolute Gasteiger partial charge is 0.263 e. The van der Waals surface area contributed by atoms with E-state index in [4.69, 9.17) is 10.3 Å². The van der Waals surface area contributed by atoms with Crippen LogP contribution in [0.1, 0.15) is 24.7 Å². The summed E-state index contributed by atoms with van der Waals surface area (Å²) in [6, 6.07) is 3.14. The predicted octanol–water partition coefficient (Wildman–Crippen LogP) is 2.11. The summed E-state index contributed by atoms with van der Waals surface area (Å²) in [5, 5.41) is 3.75. The zero-order chi connectivity index (χ0) is 14.8. The van der Waals surface area contributed by atoms with E-state index >= 15 is 0 Å². The first kappa shape index (κ1) is 14.1. The molecule has 3 rings (SSSR count). The van der Waals surface area contributed by atoms with Gasteiger partial charge in [-0.2, -0.15) is 4.98 Å². The van der Waals surface area contributed by atoms with Gasteiger partial charge in [-0.25, -0.2) is 8.78 Å². The Bertz CT molecular complexity index is 605. The number of aromatic nitrogens is 2. The molecule has 1 aromatic heterocycles. The third-order valence-electron chi connectivity index (χ3n) is 3.60. The molecular formula is C14H16F2N4O. The van der Waals surface area contributed by atoms with E-state index in [1.54, 1.807) is 0 Å². The summed E-state index contributed by atoms with van der Waals surface area (Å²) in [6.45, 7) is 2.61. The minimum absolute atomic E-state index is 0.183. The van der Waals surface area contributed by atoms with Crippen LogP contribution in [0.15, 0.2) is 22.7 Å². The first-order valence-corrected chi connectivity index (χ1v) is 6.91. The van der Waals surface area contributed by atoms with Gasteiger partial charge in [-0.05, 0) is 38.1 Å². The fourth-order valence-corrected chi connectivity index (χ4v) is 2.51. The van der Waals surface area contributed by atoms with E-state index in [-0.39, 0.29) is 17.3 Å². The lowest BCUT2D eigenvalue weighted by atomic mass is 10.2. The normalized spacial score (nSPS) is 17.3. The summed E-state index contributed by atoms with van der Waals surface area (Å²) in [7, 11) is 0. The maximum Gasteiger partial charge on any atom is 0.263 e. The predicted molar refractivity (Wildman–Crippen MR) is 72.3 cm³/mol. The van der Waals surface area contributed by atoms with Crippen molar-refractivity contribution in [3.63, 3.8) is 0 Å². The van der Waals surface area contributed by atoms with Crippen molar-refractivity contribution in [3.05, 3.63) is 35.7 Å². The lowest BCUT2D eigenvalue weighted by molar-refractivity contribution is 0.306. The maximum absolute atomic E-state index is 13.7. The van der Waals surface area contributed by atoms with Crippen LogP contribution in [0.2, 0.25) is 0 Å². The van der Waals surface area contributed by atoms with Gasteiger partial charge in [-0.3, -0.25) is 0 Å². The molecule has 21 heavy (non-hydrogen) atoms. The first-order valence-electron chi connectivity index (χ1n) is 6.91. The fourth-order valence-electron chi connectivity index (χ4n) is 2.51. The molecule has 0 spiro atoms. The van der Waals surface area contributed by atoms with E-state index < -0.39 is 17.7 Å². The van der Waals surface area contributed by atoms with Crippen molar-refractivity contribution in [2.24, 2.45) is 5.73 Å². The summed E-state index contributed by atoms with van der Waals surface area (Å²) in [5.41, 5.74) is 5.71. The van der Waals surface area contributed by atoms with E-state index in [1.807, 2.05) is 0 Å². The van der Waals surface area contributed by atoms with Crippen LogP contribution in [0.4, 0.5) is 8.78 Å². The van der Waals surface area contributed by atoms with Crippen LogP contribution in [0.5, 0.6) is 0 Å². The van der Waals surface area contributed by atoms with Gasteiger partial charge < -0.3 is 15.2 Å². The maximum atomic E-state index is 13.7. The Morgan fingerprint density at radius 1 is 1.24 bits per heavy atom. The van der Waals surface area contributed by atoms with E-state index in [9.17, 15) is 8.78 Å². The fraction of sp³-hybridized carbons (Fsp3) is 0.429. The Kier molecular flexibility index (Phi) is 3.94. The molecule has 1 fully saturated rings. The van der Waals surface area contributed by atoms with Gasteiger partial charge in [0.1, 0.15) is 17.2 Å².